The van der Waals surface area contributed by atoms with Crippen LogP contribution in [0.5, 0.6) is 0 Å². The van der Waals surface area contributed by atoms with E-state index in [2.05, 4.69) is 27.0 Å². The topological polar surface area (TPSA) is 210 Å². The van der Waals surface area contributed by atoms with Gasteiger partial charge in [-0.05, 0) is 314 Å². The molecule has 0 saturated heterocycles. The van der Waals surface area contributed by atoms with Crippen molar-refractivity contribution in [2.24, 2.45) is 166 Å². The zero-order valence-electron chi connectivity index (χ0n) is 69.9. The number of esters is 8. The van der Waals surface area contributed by atoms with Crippen molar-refractivity contribution < 1.29 is 76.3 Å². The molecule has 630 valence electrons. The van der Waals surface area contributed by atoms with Gasteiger partial charge in [0.2, 0.25) is 0 Å². The van der Waals surface area contributed by atoms with E-state index >= 15 is 0 Å². The predicted molar refractivity (Wildman–Crippen MR) is 434 cm³/mol. The molecule has 0 aliphatic heterocycles. The molecule has 0 spiro atoms. The normalized spacial score (nSPS) is 36.9. The van der Waals surface area contributed by atoms with Crippen LogP contribution < -0.4 is 0 Å². The smallest absolute Gasteiger partial charge is 0.333 e. The van der Waals surface area contributed by atoms with E-state index in [9.17, 15) is 38.4 Å². The number of fused-ring (bicyclic) bond motifs is 20. The molecule has 0 amide bonds. The molecule has 13 aliphatic carbocycles. The van der Waals surface area contributed by atoms with Crippen LogP contribution in [0.3, 0.4) is 0 Å². The Morgan fingerprint density at radius 2 is 0.575 bits per heavy atom. The van der Waals surface area contributed by atoms with Gasteiger partial charge >= 0.3 is 47.8 Å². The summed E-state index contributed by atoms with van der Waals surface area (Å²) in [6, 6.07) is 0. The van der Waals surface area contributed by atoms with Crippen LogP contribution >= 0.6 is 0 Å². The molecule has 13 aliphatic rings. The van der Waals surface area contributed by atoms with Crippen LogP contribution in [-0.2, 0) is 76.3 Å². The molecule has 113 heavy (non-hydrogen) atoms. The second kappa shape index (κ2) is 41.9. The highest BCUT2D eigenvalue weighted by Gasteiger charge is 2.60. The summed E-state index contributed by atoms with van der Waals surface area (Å²) in [5, 5.41) is 0. The van der Waals surface area contributed by atoms with Gasteiger partial charge in [-0.15, -0.1) is 0 Å². The first kappa shape index (κ1) is 85.6. The Balaban J connectivity index is 0.476. The number of carbonyl (C=O) groups excluding carboxylic acids is 8. The molecule has 0 aromatic heterocycles. The first-order valence-corrected chi connectivity index (χ1v) is 46.9. The fourth-order valence-corrected chi connectivity index (χ4v) is 28.2. The van der Waals surface area contributed by atoms with E-state index in [-0.39, 0.29) is 23.9 Å². The van der Waals surface area contributed by atoms with Crippen LogP contribution in [-0.4, -0.2) is 101 Å². The summed E-state index contributed by atoms with van der Waals surface area (Å²) < 4.78 is 45.9. The SMILES string of the molecule is C=CC(=O)OCC1CC2C3C[C@@H](CC3COC(=O)/C=C/C(=O)OCC3CC4C5CC(CC5COC(=O)CCCCCCC5C(CCCCCC)CCC(CCCCCCCC)C5CCCCCCC(=O)OCC5CC6C[C@@H]5C5CC(COC(=O)/C=C/C(=O)OCC7C[C@@H]8CC7C7CC(COC(=O)C(=C)C)CC78)CC65)[C@H]4C3)[C@H]2C1. The van der Waals surface area contributed by atoms with Gasteiger partial charge in [0.05, 0.1) is 52.9 Å². The summed E-state index contributed by atoms with van der Waals surface area (Å²) in [4.78, 5) is 102. The fourth-order valence-electron chi connectivity index (χ4n) is 28.2. The van der Waals surface area contributed by atoms with Crippen molar-refractivity contribution in [3.8, 4) is 0 Å². The van der Waals surface area contributed by atoms with E-state index in [1.807, 2.05) is 0 Å². The van der Waals surface area contributed by atoms with Gasteiger partial charge in [0.15, 0.2) is 0 Å². The average molecular weight is 1570 g/mol. The molecule has 0 radical (unpaired) electrons. The van der Waals surface area contributed by atoms with Crippen molar-refractivity contribution in [2.75, 3.05) is 52.9 Å². The minimum Gasteiger partial charge on any atom is -0.465 e. The monoisotopic (exact) mass is 1570 g/mol. The van der Waals surface area contributed by atoms with Gasteiger partial charge in [0.25, 0.3) is 0 Å². The molecule has 16 nitrogen and oxygen atoms in total. The van der Waals surface area contributed by atoms with Gasteiger partial charge in [0, 0.05) is 48.8 Å². The van der Waals surface area contributed by atoms with Crippen molar-refractivity contribution in [1.82, 2.24) is 0 Å². The lowest BCUT2D eigenvalue weighted by molar-refractivity contribution is -0.147. The van der Waals surface area contributed by atoms with Crippen LogP contribution in [0.25, 0.3) is 0 Å². The Morgan fingerprint density at radius 3 is 0.920 bits per heavy atom. The summed E-state index contributed by atoms with van der Waals surface area (Å²) in [6.07, 6.45) is 55.2. The van der Waals surface area contributed by atoms with E-state index in [0.29, 0.717) is 213 Å². The Labute approximate surface area is 678 Å². The van der Waals surface area contributed by atoms with Gasteiger partial charge in [-0.3, -0.25) is 9.59 Å². The molecule has 0 aromatic rings. The molecule has 23 unspecified atom stereocenters. The molecular weight excluding hydrogens is 1420 g/mol. The second-order valence-corrected chi connectivity index (χ2v) is 39.8. The number of hydrogen-bond donors (Lipinski definition) is 0. The number of carbonyl (C=O) groups is 8. The molecule has 13 rings (SSSR count). The summed E-state index contributed by atoms with van der Waals surface area (Å²) in [5.41, 5.74) is 0.434. The molecule has 0 heterocycles. The Hall–Kier alpha value is -5.28. The maximum absolute atomic E-state index is 13.4. The van der Waals surface area contributed by atoms with Crippen LogP contribution in [0.15, 0.2) is 49.1 Å². The van der Waals surface area contributed by atoms with Crippen LogP contribution in [0.4, 0.5) is 0 Å². The molecule has 0 aromatic carbocycles. The number of rotatable bonds is 48. The van der Waals surface area contributed by atoms with Crippen molar-refractivity contribution in [1.29, 1.82) is 0 Å². The van der Waals surface area contributed by atoms with Gasteiger partial charge in [0.1, 0.15) is 0 Å². The molecule has 28 atom stereocenters. The molecule has 8 bridgehead atoms. The van der Waals surface area contributed by atoms with Gasteiger partial charge in [-0.25, -0.2) is 28.8 Å². The van der Waals surface area contributed by atoms with Crippen LogP contribution in [0, 0.1) is 166 Å². The highest BCUT2D eigenvalue weighted by atomic mass is 16.6. The summed E-state index contributed by atoms with van der Waals surface area (Å²) >= 11 is 0. The standard InChI is InChI=1S/C97H146O16/c1-6-9-11-13-14-20-26-67-32-31-66(25-19-12-10-7-2)76(27-21-15-17-23-29-91(99)109-57-72-45-68-49-82(72)87-42-63(38-79(68)87)54-107-93(101)33-35-95(103)111-59-74-47-70-51-84(74)86-41-62(37-78(70)86)53-106-90(98)8-3)77(67)28-22-16-18-24-30-92(100)110-58-73-46-69-50-83(73)88-43-64(39-80(69)88)55-108-94(102)34-36-96(104)112-60-75-48-71-52-85(75)89-44-65(40-81(71)89)56-113-97(105)61(4)5/h8,33-36,62-89H,3-4,6-7,9-32,37-60H2,1-2,5H3/b35-33+,36-34+/t62?,63?,64?,65?,66?,67?,68?,69?,70-,71-,72?,73?,74?,75?,76?,77?,78-,79-,80?,81?,82?,83+,84?,85?,86?,87?,88?,89?/m1/s1. The van der Waals surface area contributed by atoms with E-state index in [4.69, 9.17) is 37.9 Å². The second-order valence-electron chi connectivity index (χ2n) is 39.8. The molecule has 13 fully saturated rings. The quantitative estimate of drug-likeness (QED) is 0.0240. The lowest BCUT2D eigenvalue weighted by Gasteiger charge is -2.44. The summed E-state index contributed by atoms with van der Waals surface area (Å²) in [5.74, 6) is 13.2. The minimum atomic E-state index is -0.497. The maximum atomic E-state index is 13.4. The number of ether oxygens (including phenoxy) is 8. The van der Waals surface area contributed by atoms with Crippen molar-refractivity contribution in [3.63, 3.8) is 0 Å². The highest BCUT2D eigenvalue weighted by molar-refractivity contribution is 5.92. The molecule has 16 heteroatoms. The third-order valence-corrected chi connectivity index (χ3v) is 33.0. The third kappa shape index (κ3) is 22.6. The lowest BCUT2D eigenvalue weighted by atomic mass is 9.61. The van der Waals surface area contributed by atoms with E-state index < -0.39 is 23.9 Å². The summed E-state index contributed by atoms with van der Waals surface area (Å²) in [6.45, 7) is 17.0. The Bertz CT molecular complexity index is 3240. The molecule has 0 N–H and O–H groups in total. The molecular formula is C97H146O16. The fraction of sp³-hybridized carbons (Fsp3) is 0.835. The third-order valence-electron chi connectivity index (χ3n) is 33.0. The average Bonchev–Trinajstić information content (AvgIpc) is 1.61. The molecule has 13 saturated carbocycles. The van der Waals surface area contributed by atoms with Crippen molar-refractivity contribution in [2.45, 2.75) is 290 Å². The number of hydrogen-bond acceptors (Lipinski definition) is 16. The van der Waals surface area contributed by atoms with Gasteiger partial charge in [-0.2, -0.15) is 0 Å². The zero-order valence-corrected chi connectivity index (χ0v) is 69.9. The highest BCUT2D eigenvalue weighted by Crippen LogP contribution is 2.66. The van der Waals surface area contributed by atoms with Crippen LogP contribution in [0.2, 0.25) is 0 Å². The van der Waals surface area contributed by atoms with Gasteiger partial charge < -0.3 is 37.9 Å². The largest absolute Gasteiger partial charge is 0.465 e. The summed E-state index contributed by atoms with van der Waals surface area (Å²) in [7, 11) is 0. The Morgan fingerprint density at radius 1 is 0.292 bits per heavy atom. The first-order chi connectivity index (χ1) is 55.0. The van der Waals surface area contributed by atoms with E-state index in [1.165, 1.54) is 184 Å². The first-order valence-electron chi connectivity index (χ1n) is 46.9. The van der Waals surface area contributed by atoms with Crippen molar-refractivity contribution in [3.05, 3.63) is 49.1 Å². The zero-order chi connectivity index (χ0) is 78.9. The minimum absolute atomic E-state index is 0.0381. The number of unbranched alkanes of at least 4 members (excludes halogenated alkanes) is 14. The van der Waals surface area contributed by atoms with E-state index in [0.717, 1.165) is 126 Å². The van der Waals surface area contributed by atoms with E-state index in [1.54, 1.807) is 6.92 Å². The predicted octanol–water partition coefficient (Wildman–Crippen LogP) is 20.1. The maximum Gasteiger partial charge on any atom is 0.333 e. The van der Waals surface area contributed by atoms with Crippen LogP contribution in [0.1, 0.15) is 290 Å². The van der Waals surface area contributed by atoms with Crippen molar-refractivity contribution >= 4 is 47.8 Å². The van der Waals surface area contributed by atoms with Gasteiger partial charge in [-0.1, -0.05) is 143 Å². The lowest BCUT2D eigenvalue weighted by Crippen LogP contribution is -2.35. The Kier molecular flexibility index (Phi) is 31.7.